The molecule has 0 aliphatic carbocycles. The molecule has 1 aliphatic heterocycles. The van der Waals surface area contributed by atoms with Gasteiger partial charge in [-0.3, -0.25) is 15.3 Å². The average Bonchev–Trinajstić information content (AvgIpc) is 2.38. The molecule has 1 aromatic rings. The van der Waals surface area contributed by atoms with Gasteiger partial charge in [0.15, 0.2) is 0 Å². The minimum atomic E-state index is -4.08. The van der Waals surface area contributed by atoms with Gasteiger partial charge in [-0.2, -0.15) is 13.2 Å². The van der Waals surface area contributed by atoms with Crippen molar-refractivity contribution >= 4 is 5.84 Å². The zero-order valence-corrected chi connectivity index (χ0v) is 11.0. The van der Waals surface area contributed by atoms with Gasteiger partial charge in [-0.05, 0) is 43.6 Å². The number of halogens is 3. The molecule has 1 aromatic heterocycles. The topological polar surface area (TPSA) is 66.0 Å². The molecule has 0 radical (unpaired) electrons. The van der Waals surface area contributed by atoms with E-state index in [2.05, 4.69) is 4.98 Å². The minimum Gasteiger partial charge on any atom is -0.382 e. The number of likely N-dealkylation sites (tertiary alicyclic amines) is 1. The van der Waals surface area contributed by atoms with Crippen LogP contribution in [0.2, 0.25) is 0 Å². The van der Waals surface area contributed by atoms with E-state index in [4.69, 9.17) is 11.1 Å². The first-order valence-corrected chi connectivity index (χ1v) is 6.44. The van der Waals surface area contributed by atoms with Crippen molar-refractivity contribution in [1.82, 2.24) is 9.88 Å². The van der Waals surface area contributed by atoms with E-state index in [9.17, 15) is 13.2 Å². The summed E-state index contributed by atoms with van der Waals surface area (Å²) in [7, 11) is 0. The molecule has 0 unspecified atom stereocenters. The van der Waals surface area contributed by atoms with Gasteiger partial charge in [-0.15, -0.1) is 0 Å². The summed E-state index contributed by atoms with van der Waals surface area (Å²) < 4.78 is 37.7. The summed E-state index contributed by atoms with van der Waals surface area (Å²) in [6.07, 6.45) is -2.22. The summed E-state index contributed by atoms with van der Waals surface area (Å²) in [6, 6.07) is 3.50. The normalized spacial score (nSPS) is 18.1. The van der Waals surface area contributed by atoms with Gasteiger partial charge in [-0.25, -0.2) is 0 Å². The molecule has 0 aromatic carbocycles. The van der Waals surface area contributed by atoms with Crippen LogP contribution in [0.3, 0.4) is 0 Å². The van der Waals surface area contributed by atoms with Gasteiger partial charge in [0.1, 0.15) is 11.5 Å². The van der Waals surface area contributed by atoms with E-state index < -0.39 is 12.1 Å². The van der Waals surface area contributed by atoms with Crippen LogP contribution >= 0.6 is 0 Å². The van der Waals surface area contributed by atoms with Crippen LogP contribution in [0.5, 0.6) is 0 Å². The Morgan fingerprint density at radius 2 is 2.05 bits per heavy atom. The summed E-state index contributed by atoms with van der Waals surface area (Å²) >= 11 is 0. The van der Waals surface area contributed by atoms with Crippen LogP contribution in [-0.4, -0.2) is 35.0 Å². The third-order valence-corrected chi connectivity index (χ3v) is 3.56. The Morgan fingerprint density at radius 1 is 1.40 bits per heavy atom. The highest BCUT2D eigenvalue weighted by molar-refractivity contribution is 5.93. The molecule has 1 saturated heterocycles. The number of rotatable bonds is 3. The van der Waals surface area contributed by atoms with Crippen molar-refractivity contribution in [2.24, 2.45) is 11.7 Å². The molecule has 0 atom stereocenters. The highest BCUT2D eigenvalue weighted by atomic mass is 19.4. The number of alkyl halides is 3. The van der Waals surface area contributed by atoms with Crippen LogP contribution in [0, 0.1) is 11.3 Å². The lowest BCUT2D eigenvalue weighted by Gasteiger charge is -2.32. The number of aromatic nitrogens is 1. The third-order valence-electron chi connectivity index (χ3n) is 3.56. The Morgan fingerprint density at radius 3 is 2.60 bits per heavy atom. The Bertz CT molecular complexity index is 479. The number of pyridine rings is 1. The number of amidine groups is 1. The van der Waals surface area contributed by atoms with Gasteiger partial charge in [0, 0.05) is 12.7 Å². The van der Waals surface area contributed by atoms with E-state index in [-0.39, 0.29) is 18.7 Å². The van der Waals surface area contributed by atoms with Crippen LogP contribution in [0.4, 0.5) is 13.2 Å². The van der Waals surface area contributed by atoms with Crippen molar-refractivity contribution in [3.05, 3.63) is 29.6 Å². The SMILES string of the molecule is N=C(N)c1cc(CN2CCC(C(F)(F)F)CC2)ccn1. The van der Waals surface area contributed by atoms with Gasteiger partial charge in [0.05, 0.1) is 5.92 Å². The van der Waals surface area contributed by atoms with Crippen molar-refractivity contribution < 1.29 is 13.2 Å². The molecule has 2 heterocycles. The Hall–Kier alpha value is -1.63. The first-order chi connectivity index (χ1) is 9.36. The fourth-order valence-electron chi connectivity index (χ4n) is 2.40. The maximum atomic E-state index is 12.6. The second-order valence-corrected chi connectivity index (χ2v) is 5.06. The number of hydrogen-bond acceptors (Lipinski definition) is 3. The molecule has 20 heavy (non-hydrogen) atoms. The lowest BCUT2D eigenvalue weighted by atomic mass is 9.96. The van der Waals surface area contributed by atoms with Crippen LogP contribution < -0.4 is 5.73 Å². The zero-order chi connectivity index (χ0) is 14.8. The molecule has 1 aliphatic rings. The molecule has 3 N–H and O–H groups in total. The van der Waals surface area contributed by atoms with Crippen molar-refractivity contribution in [2.45, 2.75) is 25.6 Å². The van der Waals surface area contributed by atoms with E-state index in [0.29, 0.717) is 25.3 Å². The standard InChI is InChI=1S/C13H17F3N4/c14-13(15,16)10-2-5-20(6-3-10)8-9-1-4-19-11(7-9)12(17)18/h1,4,7,10H,2-3,5-6,8H2,(H3,17,18). The molecular weight excluding hydrogens is 269 g/mol. The number of nitrogen functional groups attached to an aromatic ring is 1. The van der Waals surface area contributed by atoms with Crippen molar-refractivity contribution in [2.75, 3.05) is 13.1 Å². The fourth-order valence-corrected chi connectivity index (χ4v) is 2.40. The highest BCUT2D eigenvalue weighted by Crippen LogP contribution is 2.34. The predicted molar refractivity (Wildman–Crippen MR) is 69.3 cm³/mol. The van der Waals surface area contributed by atoms with E-state index >= 15 is 0 Å². The molecule has 1 fully saturated rings. The van der Waals surface area contributed by atoms with E-state index in [1.54, 1.807) is 18.3 Å². The summed E-state index contributed by atoms with van der Waals surface area (Å²) in [5.74, 6) is -1.29. The lowest BCUT2D eigenvalue weighted by Crippen LogP contribution is -2.38. The summed E-state index contributed by atoms with van der Waals surface area (Å²) in [5, 5.41) is 7.32. The molecule has 2 rings (SSSR count). The highest BCUT2D eigenvalue weighted by Gasteiger charge is 2.40. The molecular formula is C13H17F3N4. The Labute approximate surface area is 115 Å². The predicted octanol–water partition coefficient (Wildman–Crippen LogP) is 2.14. The second kappa shape index (κ2) is 5.78. The Balaban J connectivity index is 1.93. The van der Waals surface area contributed by atoms with E-state index in [0.717, 1.165) is 5.56 Å². The average molecular weight is 286 g/mol. The summed E-state index contributed by atoms with van der Waals surface area (Å²) in [4.78, 5) is 5.95. The largest absolute Gasteiger partial charge is 0.391 e. The van der Waals surface area contributed by atoms with Crippen LogP contribution in [0.1, 0.15) is 24.1 Å². The summed E-state index contributed by atoms with van der Waals surface area (Å²) in [5.41, 5.74) is 6.67. The van der Waals surface area contributed by atoms with Crippen molar-refractivity contribution in [1.29, 1.82) is 5.41 Å². The van der Waals surface area contributed by atoms with Gasteiger partial charge in [0.25, 0.3) is 0 Å². The van der Waals surface area contributed by atoms with Crippen LogP contribution in [0.25, 0.3) is 0 Å². The number of nitrogens with two attached hydrogens (primary N) is 1. The Kier molecular flexibility index (Phi) is 4.27. The summed E-state index contributed by atoms with van der Waals surface area (Å²) in [6.45, 7) is 1.43. The first kappa shape index (κ1) is 14.8. The van der Waals surface area contributed by atoms with Crippen LogP contribution in [0.15, 0.2) is 18.3 Å². The van der Waals surface area contributed by atoms with E-state index in [1.807, 2.05) is 4.90 Å². The monoisotopic (exact) mass is 286 g/mol. The zero-order valence-electron chi connectivity index (χ0n) is 11.0. The van der Waals surface area contributed by atoms with Gasteiger partial charge in [0.2, 0.25) is 0 Å². The fraction of sp³-hybridized carbons (Fsp3) is 0.538. The van der Waals surface area contributed by atoms with Gasteiger partial charge >= 0.3 is 6.18 Å². The molecule has 0 amide bonds. The molecule has 0 bridgehead atoms. The first-order valence-electron chi connectivity index (χ1n) is 6.44. The lowest BCUT2D eigenvalue weighted by molar-refractivity contribution is -0.185. The molecule has 7 heteroatoms. The van der Waals surface area contributed by atoms with Crippen molar-refractivity contribution in [3.8, 4) is 0 Å². The van der Waals surface area contributed by atoms with Gasteiger partial charge in [-0.1, -0.05) is 0 Å². The number of nitrogens with zero attached hydrogens (tertiary/aromatic N) is 2. The molecule has 0 spiro atoms. The van der Waals surface area contributed by atoms with Gasteiger partial charge < -0.3 is 5.73 Å². The van der Waals surface area contributed by atoms with Crippen molar-refractivity contribution in [3.63, 3.8) is 0 Å². The molecule has 0 saturated carbocycles. The molecule has 110 valence electrons. The smallest absolute Gasteiger partial charge is 0.382 e. The number of nitrogens with one attached hydrogen (secondary N) is 1. The third kappa shape index (κ3) is 3.69. The maximum Gasteiger partial charge on any atom is 0.391 e. The van der Waals surface area contributed by atoms with E-state index in [1.165, 1.54) is 0 Å². The quantitative estimate of drug-likeness (QED) is 0.661. The minimum absolute atomic E-state index is 0.109. The molecule has 4 nitrogen and oxygen atoms in total. The van der Waals surface area contributed by atoms with Crippen LogP contribution in [-0.2, 0) is 6.54 Å². The number of piperidine rings is 1. The maximum absolute atomic E-state index is 12.6. The number of hydrogen-bond donors (Lipinski definition) is 2. The second-order valence-electron chi connectivity index (χ2n) is 5.06.